The van der Waals surface area contributed by atoms with Crippen LogP contribution in [-0.2, 0) is 14.4 Å². The molecule has 0 atom stereocenters. The molecule has 0 unspecified atom stereocenters. The predicted molar refractivity (Wildman–Crippen MR) is 113 cm³/mol. The standard InChI is InChI=1S/C11H13Cl2NO2S.C6H11NO2.CH4/c1-14(2)10(15)11(12,13)17-9-6-4-8(16-3)5-7-9;1-4-5(8)6(9)7(2)3;/h4-7H,1-3H3;4H2,1-3H3;1H4/i10+1,11+1;5+1,6+1;. The first kappa shape index (κ1) is 27.8. The van der Waals surface area contributed by atoms with Gasteiger partial charge in [0.2, 0.25) is 9.45 Å². The number of thioether (sulfide) groups is 1. The summed E-state index contributed by atoms with van der Waals surface area (Å²) in [7, 11) is 7.93. The van der Waals surface area contributed by atoms with Gasteiger partial charge in [-0.05, 0) is 24.3 Å². The van der Waals surface area contributed by atoms with E-state index in [-0.39, 0.29) is 25.5 Å². The van der Waals surface area contributed by atoms with E-state index in [4.69, 9.17) is 27.9 Å². The first-order chi connectivity index (χ1) is 12.0. The first-order valence-corrected chi connectivity index (χ1v) is 9.20. The molecule has 9 heteroatoms. The Hall–Kier alpha value is -1.44. The number of ketones is 1. The molecule has 0 aromatic heterocycles. The van der Waals surface area contributed by atoms with Gasteiger partial charge in [0.25, 0.3) is 11.8 Å². The zero-order chi connectivity index (χ0) is 20.5. The lowest BCUT2D eigenvalue weighted by atomic mass is 10.3. The van der Waals surface area contributed by atoms with Crippen LogP contribution < -0.4 is 4.74 Å². The summed E-state index contributed by atoms with van der Waals surface area (Å²) in [5.74, 6) is -0.373. The number of halogens is 2. The molecule has 0 N–H and O–H groups in total. The quantitative estimate of drug-likeness (QED) is 0.290. The van der Waals surface area contributed by atoms with Crippen molar-refractivity contribution in [2.45, 2.75) is 29.3 Å². The molecular weight excluding hydrogens is 415 g/mol. The number of carbonyl (C=O) groups excluding carboxylic acids is 3. The summed E-state index contributed by atoms with van der Waals surface area (Å²) in [5, 5.41) is 0. The van der Waals surface area contributed by atoms with Gasteiger partial charge in [-0.3, -0.25) is 14.4 Å². The Morgan fingerprint density at radius 3 is 1.81 bits per heavy atom. The van der Waals surface area contributed by atoms with E-state index in [0.717, 1.165) is 22.4 Å². The highest BCUT2D eigenvalue weighted by atomic mass is 35.5. The molecule has 1 aromatic carbocycles. The van der Waals surface area contributed by atoms with E-state index in [1.807, 2.05) is 0 Å². The second-order valence-electron chi connectivity index (χ2n) is 5.47. The van der Waals surface area contributed by atoms with Crippen molar-refractivity contribution < 1.29 is 19.1 Å². The number of Topliss-reactive ketones (excluding diaryl/α,β-unsaturated/α-hetero) is 1. The molecule has 1 rings (SSSR count). The maximum atomic E-state index is 11.7. The molecule has 0 saturated carbocycles. The van der Waals surface area contributed by atoms with Crippen LogP contribution in [0.15, 0.2) is 29.2 Å². The second kappa shape index (κ2) is 12.9. The third-order valence-corrected chi connectivity index (χ3v) is 4.65. The Kier molecular flexibility index (Phi) is 13.2. The van der Waals surface area contributed by atoms with E-state index in [1.165, 1.54) is 9.80 Å². The molecule has 27 heavy (non-hydrogen) atoms. The van der Waals surface area contributed by atoms with Crippen molar-refractivity contribution in [1.82, 2.24) is 9.80 Å². The molecule has 0 aliphatic carbocycles. The fourth-order valence-electron chi connectivity index (χ4n) is 1.50. The van der Waals surface area contributed by atoms with E-state index in [1.54, 1.807) is 66.5 Å². The number of likely N-dealkylation sites (N-methyl/N-ethyl adjacent to an activating group) is 1. The van der Waals surface area contributed by atoms with Crippen LogP contribution in [0.2, 0.25) is 0 Å². The summed E-state index contributed by atoms with van der Waals surface area (Å²) >= 11 is 13.1. The average molecular weight is 443 g/mol. The third kappa shape index (κ3) is 9.89. The van der Waals surface area contributed by atoms with Crippen LogP contribution in [0.3, 0.4) is 0 Å². The summed E-state index contributed by atoms with van der Waals surface area (Å²) in [4.78, 5) is 36.4. The minimum absolute atomic E-state index is 0. The van der Waals surface area contributed by atoms with E-state index in [2.05, 4.69) is 0 Å². The molecule has 0 heterocycles. The maximum absolute atomic E-state index is 11.7. The van der Waals surface area contributed by atoms with Gasteiger partial charge in [-0.25, -0.2) is 0 Å². The van der Waals surface area contributed by atoms with Crippen LogP contribution in [0, 0.1) is 0 Å². The lowest BCUT2D eigenvalue weighted by molar-refractivity contribution is -0.142. The fourth-order valence-corrected chi connectivity index (χ4v) is 3.21. The molecule has 0 radical (unpaired) electrons. The van der Waals surface area contributed by atoms with E-state index in [0.29, 0.717) is 0 Å². The molecule has 0 saturated heterocycles. The monoisotopic (exact) mass is 442 g/mol. The molecule has 6 nitrogen and oxygen atoms in total. The summed E-state index contributed by atoms with van der Waals surface area (Å²) in [6.45, 7) is 1.67. The maximum Gasteiger partial charge on any atom is 0.289 e. The van der Waals surface area contributed by atoms with Crippen molar-refractivity contribution in [2.75, 3.05) is 35.3 Å². The number of methoxy groups -OCH3 is 1. The Morgan fingerprint density at radius 1 is 1.04 bits per heavy atom. The van der Waals surface area contributed by atoms with Crippen molar-refractivity contribution >= 4 is 52.6 Å². The Labute approximate surface area is 176 Å². The van der Waals surface area contributed by atoms with Crippen LogP contribution in [0.25, 0.3) is 0 Å². The molecule has 0 aliphatic heterocycles. The lowest BCUT2D eigenvalue weighted by Crippen LogP contribution is -2.35. The molecule has 0 aliphatic rings. The molecule has 0 fully saturated rings. The number of alkyl halides is 2. The molecule has 0 bridgehead atoms. The van der Waals surface area contributed by atoms with Crippen molar-refractivity contribution in [1.29, 1.82) is 0 Å². The highest BCUT2D eigenvalue weighted by Gasteiger charge is 2.36. The van der Waals surface area contributed by atoms with Gasteiger partial charge in [-0.15, -0.1) is 0 Å². The minimum atomic E-state index is -1.52. The number of benzene rings is 1. The molecular formula is C18H28Cl2N2O4S. The Balaban J connectivity index is 0. The van der Waals surface area contributed by atoms with Gasteiger partial charge in [-0.2, -0.15) is 0 Å². The molecule has 154 valence electrons. The number of nitrogens with zero attached hydrogens (tertiary/aromatic N) is 2. The van der Waals surface area contributed by atoms with Crippen molar-refractivity contribution in [3.05, 3.63) is 24.3 Å². The third-order valence-electron chi connectivity index (χ3n) is 2.93. The Bertz CT molecular complexity index is 620. The number of amides is 2. The topological polar surface area (TPSA) is 66.9 Å². The number of ether oxygens (including phenoxy) is 1. The van der Waals surface area contributed by atoms with Crippen LogP contribution in [0.4, 0.5) is 0 Å². The predicted octanol–water partition coefficient (Wildman–Crippen LogP) is 3.70. The van der Waals surface area contributed by atoms with Crippen LogP contribution in [0.5, 0.6) is 5.75 Å². The van der Waals surface area contributed by atoms with Crippen LogP contribution >= 0.6 is 35.0 Å². The number of rotatable bonds is 6. The van der Waals surface area contributed by atoms with Gasteiger partial charge >= 0.3 is 0 Å². The average Bonchev–Trinajstić information content (AvgIpc) is 2.60. The van der Waals surface area contributed by atoms with E-state index >= 15 is 0 Å². The highest BCUT2D eigenvalue weighted by Crippen LogP contribution is 2.41. The summed E-state index contributed by atoms with van der Waals surface area (Å²) < 4.78 is 3.52. The summed E-state index contributed by atoms with van der Waals surface area (Å²) in [5.41, 5.74) is 0. The molecule has 2 amide bonds. The van der Waals surface area contributed by atoms with Gasteiger partial charge in [-0.1, -0.05) is 49.3 Å². The number of hydrogen-bond acceptors (Lipinski definition) is 5. The van der Waals surface area contributed by atoms with Gasteiger partial charge in [0, 0.05) is 39.5 Å². The largest absolute Gasteiger partial charge is 0.497 e. The smallest absolute Gasteiger partial charge is 0.289 e. The summed E-state index contributed by atoms with van der Waals surface area (Å²) in [6, 6.07) is 7.16. The van der Waals surface area contributed by atoms with Crippen molar-refractivity contribution in [3.8, 4) is 5.75 Å². The van der Waals surface area contributed by atoms with Crippen molar-refractivity contribution in [3.63, 3.8) is 0 Å². The lowest BCUT2D eigenvalue weighted by Gasteiger charge is -2.22. The van der Waals surface area contributed by atoms with Crippen molar-refractivity contribution in [2.24, 2.45) is 0 Å². The van der Waals surface area contributed by atoms with Gasteiger partial charge in [0.05, 0.1) is 7.11 Å². The van der Waals surface area contributed by atoms with E-state index in [9.17, 15) is 14.4 Å². The Morgan fingerprint density at radius 2 is 1.52 bits per heavy atom. The van der Waals surface area contributed by atoms with Gasteiger partial charge < -0.3 is 14.5 Å². The number of carbonyl (C=O) groups is 3. The zero-order valence-corrected chi connectivity index (χ0v) is 18.0. The van der Waals surface area contributed by atoms with Gasteiger partial charge in [0.1, 0.15) is 5.75 Å². The zero-order valence-electron chi connectivity index (χ0n) is 15.7. The minimum Gasteiger partial charge on any atom is -0.497 e. The first-order valence-electron chi connectivity index (χ1n) is 7.63. The van der Waals surface area contributed by atoms with Crippen LogP contribution in [-0.4, -0.2) is 66.4 Å². The highest BCUT2D eigenvalue weighted by molar-refractivity contribution is 8.04. The number of hydrogen-bond donors (Lipinski definition) is 0. The van der Waals surface area contributed by atoms with E-state index < -0.39 is 9.57 Å². The van der Waals surface area contributed by atoms with Gasteiger partial charge in [0.15, 0.2) is 0 Å². The SMILES string of the molecule is C.CC[13C](=O)[13C](=O)N(C)C.COc1ccc(S[13C](Cl)(Cl)[13C](=O)N(C)C)cc1. The second-order valence-corrected chi connectivity index (χ2v) is 8.53. The van der Waals surface area contributed by atoms with Crippen LogP contribution in [0.1, 0.15) is 20.8 Å². The molecule has 1 aromatic rings. The summed E-state index contributed by atoms with van der Waals surface area (Å²) in [6.07, 6.45) is 0.289. The fraction of sp³-hybridized carbons (Fsp3) is 0.500. The molecule has 0 spiro atoms. The normalized spacial score (nSPS) is 9.93.